The largest absolute Gasteiger partial charge is 0.355 e. The Morgan fingerprint density at radius 3 is 2.53 bits per heavy atom. The van der Waals surface area contributed by atoms with Gasteiger partial charge in [0, 0.05) is 18.5 Å². The van der Waals surface area contributed by atoms with Gasteiger partial charge in [-0.15, -0.1) is 0 Å². The van der Waals surface area contributed by atoms with E-state index in [-0.39, 0.29) is 0 Å². The predicted octanol–water partition coefficient (Wildman–Crippen LogP) is 3.47. The van der Waals surface area contributed by atoms with Gasteiger partial charge < -0.3 is 4.90 Å². The number of aromatic nitrogens is 1. The Morgan fingerprint density at radius 1 is 1.33 bits per heavy atom. The number of pyridine rings is 1. The quantitative estimate of drug-likeness (QED) is 0.781. The molecule has 1 aromatic rings. The molecule has 1 fully saturated rings. The molecule has 1 aliphatic heterocycles. The van der Waals surface area contributed by atoms with Crippen LogP contribution >= 0.6 is 15.9 Å². The summed E-state index contributed by atoms with van der Waals surface area (Å²) in [4.78, 5) is 6.83. The molecular weight excluding hydrogens is 252 g/mol. The summed E-state index contributed by atoms with van der Waals surface area (Å²) < 4.78 is 0.922. The molecule has 0 unspecified atom stereocenters. The SMILES string of the molecule is CCC1(CC)CN(c2cccc(Br)n2)C1. The van der Waals surface area contributed by atoms with Gasteiger partial charge in [0.25, 0.3) is 0 Å². The van der Waals surface area contributed by atoms with E-state index in [9.17, 15) is 0 Å². The lowest BCUT2D eigenvalue weighted by atomic mass is 9.75. The van der Waals surface area contributed by atoms with Gasteiger partial charge in [0.1, 0.15) is 10.4 Å². The number of hydrogen-bond donors (Lipinski definition) is 0. The monoisotopic (exact) mass is 268 g/mol. The molecule has 0 spiro atoms. The van der Waals surface area contributed by atoms with E-state index >= 15 is 0 Å². The molecule has 0 saturated carbocycles. The zero-order valence-corrected chi connectivity index (χ0v) is 10.9. The van der Waals surface area contributed by atoms with Gasteiger partial charge in [-0.3, -0.25) is 0 Å². The first kappa shape index (κ1) is 10.9. The first-order valence-corrected chi connectivity index (χ1v) is 6.36. The van der Waals surface area contributed by atoms with E-state index in [1.807, 2.05) is 12.1 Å². The van der Waals surface area contributed by atoms with Gasteiger partial charge >= 0.3 is 0 Å². The summed E-state index contributed by atoms with van der Waals surface area (Å²) in [5.74, 6) is 1.10. The topological polar surface area (TPSA) is 16.1 Å². The summed E-state index contributed by atoms with van der Waals surface area (Å²) in [6, 6.07) is 6.10. The maximum absolute atomic E-state index is 4.47. The van der Waals surface area contributed by atoms with Crippen molar-refractivity contribution < 1.29 is 0 Å². The highest BCUT2D eigenvalue weighted by atomic mass is 79.9. The van der Waals surface area contributed by atoms with Gasteiger partial charge in [0.05, 0.1) is 0 Å². The second kappa shape index (κ2) is 4.12. The number of rotatable bonds is 3. The normalized spacial score (nSPS) is 18.7. The molecule has 1 aromatic heterocycles. The zero-order chi connectivity index (χ0) is 10.9. The zero-order valence-electron chi connectivity index (χ0n) is 9.33. The first-order chi connectivity index (χ1) is 7.19. The van der Waals surface area contributed by atoms with Crippen molar-refractivity contribution in [3.05, 3.63) is 22.8 Å². The molecule has 3 heteroatoms. The second-order valence-electron chi connectivity index (χ2n) is 4.38. The molecule has 2 nitrogen and oxygen atoms in total. The minimum atomic E-state index is 0.546. The Hall–Kier alpha value is -0.570. The third kappa shape index (κ3) is 2.03. The highest BCUT2D eigenvalue weighted by molar-refractivity contribution is 9.10. The molecule has 0 bridgehead atoms. The van der Waals surface area contributed by atoms with Crippen LogP contribution in [0.5, 0.6) is 0 Å². The molecule has 0 radical (unpaired) electrons. The third-order valence-corrected chi connectivity index (χ3v) is 4.02. The van der Waals surface area contributed by atoms with Crippen LogP contribution in [0.2, 0.25) is 0 Å². The average Bonchev–Trinajstić information content (AvgIpc) is 2.18. The van der Waals surface area contributed by atoms with Crippen molar-refractivity contribution in [2.45, 2.75) is 26.7 Å². The van der Waals surface area contributed by atoms with Crippen molar-refractivity contribution in [2.75, 3.05) is 18.0 Å². The maximum atomic E-state index is 4.47. The van der Waals surface area contributed by atoms with E-state index in [4.69, 9.17) is 0 Å². The molecule has 0 amide bonds. The molecule has 0 atom stereocenters. The Balaban J connectivity index is 2.05. The molecule has 0 N–H and O–H groups in total. The fourth-order valence-electron chi connectivity index (χ4n) is 2.20. The molecule has 2 heterocycles. The standard InChI is InChI=1S/C12H17BrN2/c1-3-12(4-2)8-15(9-12)11-7-5-6-10(13)14-11/h5-7H,3-4,8-9H2,1-2H3. The molecule has 15 heavy (non-hydrogen) atoms. The lowest BCUT2D eigenvalue weighted by Gasteiger charge is -2.50. The van der Waals surface area contributed by atoms with Crippen molar-refractivity contribution >= 4 is 21.7 Å². The van der Waals surface area contributed by atoms with Gasteiger partial charge in [0.2, 0.25) is 0 Å². The fourth-order valence-corrected chi connectivity index (χ4v) is 2.53. The van der Waals surface area contributed by atoms with Crippen molar-refractivity contribution in [3.63, 3.8) is 0 Å². The fraction of sp³-hybridized carbons (Fsp3) is 0.583. The van der Waals surface area contributed by atoms with E-state index in [1.54, 1.807) is 0 Å². The Morgan fingerprint density at radius 2 is 2.00 bits per heavy atom. The summed E-state index contributed by atoms with van der Waals surface area (Å²) >= 11 is 3.41. The summed E-state index contributed by atoms with van der Waals surface area (Å²) in [5, 5.41) is 0. The van der Waals surface area contributed by atoms with Gasteiger partial charge in [0.15, 0.2) is 0 Å². The van der Waals surface area contributed by atoms with Crippen LogP contribution in [0.3, 0.4) is 0 Å². The van der Waals surface area contributed by atoms with Crippen molar-refractivity contribution in [1.82, 2.24) is 4.98 Å². The van der Waals surface area contributed by atoms with Crippen molar-refractivity contribution in [1.29, 1.82) is 0 Å². The Labute approximate surface area is 99.8 Å². The lowest BCUT2D eigenvalue weighted by Crippen LogP contribution is -2.56. The number of halogens is 1. The van der Waals surface area contributed by atoms with Gasteiger partial charge in [-0.25, -0.2) is 4.98 Å². The van der Waals surface area contributed by atoms with Crippen LogP contribution in [-0.2, 0) is 0 Å². The molecular formula is C12H17BrN2. The molecule has 1 saturated heterocycles. The minimum absolute atomic E-state index is 0.546. The lowest BCUT2D eigenvalue weighted by molar-refractivity contribution is 0.193. The van der Waals surface area contributed by atoms with Gasteiger partial charge in [-0.2, -0.15) is 0 Å². The van der Waals surface area contributed by atoms with Crippen LogP contribution in [0.25, 0.3) is 0 Å². The Bertz CT molecular complexity index is 339. The van der Waals surface area contributed by atoms with Gasteiger partial charge in [-0.1, -0.05) is 19.9 Å². The summed E-state index contributed by atoms with van der Waals surface area (Å²) in [6.45, 7) is 6.89. The molecule has 0 aliphatic carbocycles. The van der Waals surface area contributed by atoms with Crippen molar-refractivity contribution in [3.8, 4) is 0 Å². The van der Waals surface area contributed by atoms with Crippen molar-refractivity contribution in [2.24, 2.45) is 5.41 Å². The number of anilines is 1. The Kier molecular flexibility index (Phi) is 3.01. The third-order valence-electron chi connectivity index (χ3n) is 3.58. The van der Waals surface area contributed by atoms with E-state index < -0.39 is 0 Å². The first-order valence-electron chi connectivity index (χ1n) is 5.56. The van der Waals surface area contributed by atoms with E-state index in [0.717, 1.165) is 23.5 Å². The molecule has 82 valence electrons. The average molecular weight is 269 g/mol. The highest BCUT2D eigenvalue weighted by Gasteiger charge is 2.40. The van der Waals surface area contributed by atoms with Crippen LogP contribution < -0.4 is 4.90 Å². The molecule has 1 aliphatic rings. The molecule has 2 rings (SSSR count). The second-order valence-corrected chi connectivity index (χ2v) is 5.19. The summed E-state index contributed by atoms with van der Waals surface area (Å²) in [6.07, 6.45) is 2.54. The van der Waals surface area contributed by atoms with E-state index in [1.165, 1.54) is 12.8 Å². The van der Waals surface area contributed by atoms with Crippen LogP contribution in [-0.4, -0.2) is 18.1 Å². The van der Waals surface area contributed by atoms with Crippen LogP contribution in [0.4, 0.5) is 5.82 Å². The smallest absolute Gasteiger partial charge is 0.129 e. The van der Waals surface area contributed by atoms with Crippen LogP contribution in [0.15, 0.2) is 22.8 Å². The maximum Gasteiger partial charge on any atom is 0.129 e. The number of nitrogens with zero attached hydrogens (tertiary/aromatic N) is 2. The van der Waals surface area contributed by atoms with Gasteiger partial charge in [-0.05, 0) is 40.9 Å². The van der Waals surface area contributed by atoms with E-state index in [2.05, 4.69) is 45.7 Å². The van der Waals surface area contributed by atoms with Crippen LogP contribution in [0, 0.1) is 5.41 Å². The molecule has 0 aromatic carbocycles. The minimum Gasteiger partial charge on any atom is -0.355 e. The summed E-state index contributed by atoms with van der Waals surface area (Å²) in [7, 11) is 0. The van der Waals surface area contributed by atoms with E-state index in [0.29, 0.717) is 5.41 Å². The van der Waals surface area contributed by atoms with Crippen LogP contribution in [0.1, 0.15) is 26.7 Å². The highest BCUT2D eigenvalue weighted by Crippen LogP contribution is 2.39. The predicted molar refractivity (Wildman–Crippen MR) is 67.2 cm³/mol. The summed E-state index contributed by atoms with van der Waals surface area (Å²) in [5.41, 5.74) is 0.546. The number of hydrogen-bond acceptors (Lipinski definition) is 2.